The summed E-state index contributed by atoms with van der Waals surface area (Å²) in [4.78, 5) is 0. The summed E-state index contributed by atoms with van der Waals surface area (Å²) in [5.74, 6) is 0. The monoisotopic (exact) mass is 215 g/mol. The molecule has 1 aliphatic heterocycles. The summed E-state index contributed by atoms with van der Waals surface area (Å²) in [7, 11) is 0. The van der Waals surface area contributed by atoms with Gasteiger partial charge >= 0.3 is 0 Å². The Kier molecular flexibility index (Phi) is 6.22. The molecule has 1 heterocycles. The van der Waals surface area contributed by atoms with E-state index in [1.807, 2.05) is 0 Å². The Labute approximate surface area is 93.5 Å². The molecule has 0 aliphatic carbocycles. The van der Waals surface area contributed by atoms with E-state index in [4.69, 9.17) is 9.47 Å². The van der Waals surface area contributed by atoms with Crippen LogP contribution in [0, 0.1) is 0 Å². The van der Waals surface area contributed by atoms with Crippen LogP contribution in [0.5, 0.6) is 0 Å². The first-order chi connectivity index (χ1) is 7.27. The molecule has 0 radical (unpaired) electrons. The van der Waals surface area contributed by atoms with Crippen molar-refractivity contribution in [3.05, 3.63) is 0 Å². The van der Waals surface area contributed by atoms with Crippen molar-refractivity contribution in [3.8, 4) is 0 Å². The first kappa shape index (κ1) is 12.9. The smallest absolute Gasteiger partial charge is 0.0755 e. The lowest BCUT2D eigenvalue weighted by Crippen LogP contribution is -2.43. The lowest BCUT2D eigenvalue weighted by molar-refractivity contribution is 0.00226. The van der Waals surface area contributed by atoms with Gasteiger partial charge in [-0.05, 0) is 32.7 Å². The molecule has 3 atom stereocenters. The van der Waals surface area contributed by atoms with Crippen LogP contribution in [0.1, 0.15) is 40.0 Å². The van der Waals surface area contributed by atoms with E-state index in [0.29, 0.717) is 18.2 Å². The van der Waals surface area contributed by atoms with E-state index in [9.17, 15) is 0 Å². The standard InChI is InChI=1S/C12H25NO2/c1-4-8-14-9-11(13-5-2)12-7-6-10(3)15-12/h10-13H,4-9H2,1-3H3. The van der Waals surface area contributed by atoms with Crippen molar-refractivity contribution in [2.45, 2.75) is 58.3 Å². The first-order valence-corrected chi connectivity index (χ1v) is 6.24. The summed E-state index contributed by atoms with van der Waals surface area (Å²) < 4.78 is 11.5. The molecule has 0 saturated carbocycles. The summed E-state index contributed by atoms with van der Waals surface area (Å²) in [5.41, 5.74) is 0. The zero-order valence-electron chi connectivity index (χ0n) is 10.3. The van der Waals surface area contributed by atoms with Gasteiger partial charge in [0.05, 0.1) is 24.9 Å². The highest BCUT2D eigenvalue weighted by molar-refractivity contribution is 4.82. The maximum atomic E-state index is 5.86. The fourth-order valence-corrected chi connectivity index (χ4v) is 2.04. The second-order valence-electron chi connectivity index (χ2n) is 4.30. The molecule has 0 spiro atoms. The molecule has 1 fully saturated rings. The molecule has 3 heteroatoms. The molecule has 0 amide bonds. The van der Waals surface area contributed by atoms with E-state index >= 15 is 0 Å². The molecule has 15 heavy (non-hydrogen) atoms. The minimum Gasteiger partial charge on any atom is -0.380 e. The van der Waals surface area contributed by atoms with Gasteiger partial charge in [0.15, 0.2) is 0 Å². The number of hydrogen-bond donors (Lipinski definition) is 1. The minimum absolute atomic E-state index is 0.344. The van der Waals surface area contributed by atoms with Crippen LogP contribution in [-0.4, -0.2) is 38.0 Å². The highest BCUT2D eigenvalue weighted by Crippen LogP contribution is 2.21. The fourth-order valence-electron chi connectivity index (χ4n) is 2.04. The van der Waals surface area contributed by atoms with Gasteiger partial charge in [-0.15, -0.1) is 0 Å². The van der Waals surface area contributed by atoms with Crippen LogP contribution in [0.3, 0.4) is 0 Å². The molecule has 3 nitrogen and oxygen atoms in total. The van der Waals surface area contributed by atoms with Crippen molar-refractivity contribution < 1.29 is 9.47 Å². The average Bonchev–Trinajstić information content (AvgIpc) is 2.64. The molecule has 0 aromatic carbocycles. The minimum atomic E-state index is 0.344. The topological polar surface area (TPSA) is 30.5 Å². The predicted molar refractivity (Wildman–Crippen MR) is 62.1 cm³/mol. The van der Waals surface area contributed by atoms with Crippen molar-refractivity contribution >= 4 is 0 Å². The number of nitrogens with one attached hydrogen (secondary N) is 1. The van der Waals surface area contributed by atoms with Crippen LogP contribution in [0.15, 0.2) is 0 Å². The highest BCUT2D eigenvalue weighted by atomic mass is 16.5. The normalized spacial score (nSPS) is 28.2. The second kappa shape index (κ2) is 7.20. The van der Waals surface area contributed by atoms with E-state index in [2.05, 4.69) is 26.1 Å². The van der Waals surface area contributed by atoms with Gasteiger partial charge in [0.1, 0.15) is 0 Å². The molecule has 1 rings (SSSR count). The largest absolute Gasteiger partial charge is 0.380 e. The number of rotatable bonds is 7. The molecule has 0 aromatic rings. The summed E-state index contributed by atoms with van der Waals surface area (Å²) in [5, 5.41) is 3.45. The molecular weight excluding hydrogens is 190 g/mol. The van der Waals surface area contributed by atoms with Crippen LogP contribution in [-0.2, 0) is 9.47 Å². The molecule has 1 aliphatic rings. The molecule has 90 valence electrons. The zero-order valence-corrected chi connectivity index (χ0v) is 10.3. The second-order valence-corrected chi connectivity index (χ2v) is 4.30. The van der Waals surface area contributed by atoms with E-state index in [1.165, 1.54) is 6.42 Å². The van der Waals surface area contributed by atoms with Gasteiger partial charge in [0.2, 0.25) is 0 Å². The molecule has 0 bridgehead atoms. The Hall–Kier alpha value is -0.120. The van der Waals surface area contributed by atoms with Crippen molar-refractivity contribution in [2.24, 2.45) is 0 Å². The van der Waals surface area contributed by atoms with Gasteiger partial charge in [-0.3, -0.25) is 0 Å². The molecule has 3 unspecified atom stereocenters. The summed E-state index contributed by atoms with van der Waals surface area (Å²) in [6.45, 7) is 9.02. The van der Waals surface area contributed by atoms with E-state index < -0.39 is 0 Å². The van der Waals surface area contributed by atoms with Gasteiger partial charge in [-0.2, -0.15) is 0 Å². The average molecular weight is 215 g/mol. The number of ether oxygens (including phenoxy) is 2. The van der Waals surface area contributed by atoms with E-state index in [-0.39, 0.29) is 0 Å². The van der Waals surface area contributed by atoms with E-state index in [0.717, 1.165) is 32.6 Å². The maximum absolute atomic E-state index is 5.86. The van der Waals surface area contributed by atoms with Crippen molar-refractivity contribution in [1.82, 2.24) is 5.32 Å². The third-order valence-electron chi connectivity index (χ3n) is 2.83. The fraction of sp³-hybridized carbons (Fsp3) is 1.00. The molecule has 1 saturated heterocycles. The van der Waals surface area contributed by atoms with Crippen molar-refractivity contribution in [3.63, 3.8) is 0 Å². The van der Waals surface area contributed by atoms with Gasteiger partial charge < -0.3 is 14.8 Å². The Morgan fingerprint density at radius 2 is 2.20 bits per heavy atom. The van der Waals surface area contributed by atoms with Crippen LogP contribution >= 0.6 is 0 Å². The quantitative estimate of drug-likeness (QED) is 0.659. The van der Waals surface area contributed by atoms with Crippen LogP contribution in [0.4, 0.5) is 0 Å². The lowest BCUT2D eigenvalue weighted by Gasteiger charge is -2.24. The molecule has 0 aromatic heterocycles. The Morgan fingerprint density at radius 1 is 1.40 bits per heavy atom. The van der Waals surface area contributed by atoms with Crippen molar-refractivity contribution in [1.29, 1.82) is 0 Å². The van der Waals surface area contributed by atoms with Gasteiger partial charge in [-0.1, -0.05) is 13.8 Å². The SMILES string of the molecule is CCCOCC(NCC)C1CCC(C)O1. The Morgan fingerprint density at radius 3 is 2.73 bits per heavy atom. The highest BCUT2D eigenvalue weighted by Gasteiger charge is 2.28. The van der Waals surface area contributed by atoms with Crippen LogP contribution in [0.25, 0.3) is 0 Å². The Balaban J connectivity index is 2.28. The summed E-state index contributed by atoms with van der Waals surface area (Å²) >= 11 is 0. The van der Waals surface area contributed by atoms with Crippen molar-refractivity contribution in [2.75, 3.05) is 19.8 Å². The van der Waals surface area contributed by atoms with Gasteiger partial charge in [0, 0.05) is 6.61 Å². The number of likely N-dealkylation sites (N-methyl/N-ethyl adjacent to an activating group) is 1. The summed E-state index contributed by atoms with van der Waals surface area (Å²) in [6, 6.07) is 0.367. The van der Waals surface area contributed by atoms with Gasteiger partial charge in [-0.25, -0.2) is 0 Å². The molecular formula is C12H25NO2. The third kappa shape index (κ3) is 4.49. The lowest BCUT2D eigenvalue weighted by atomic mass is 10.1. The first-order valence-electron chi connectivity index (χ1n) is 6.24. The molecule has 1 N–H and O–H groups in total. The summed E-state index contributed by atoms with van der Waals surface area (Å²) in [6.07, 6.45) is 4.19. The number of hydrogen-bond acceptors (Lipinski definition) is 3. The Bertz CT molecular complexity index is 164. The third-order valence-corrected chi connectivity index (χ3v) is 2.83. The van der Waals surface area contributed by atoms with Crippen LogP contribution < -0.4 is 5.32 Å². The van der Waals surface area contributed by atoms with E-state index in [1.54, 1.807) is 0 Å². The van der Waals surface area contributed by atoms with Gasteiger partial charge in [0.25, 0.3) is 0 Å². The predicted octanol–water partition coefficient (Wildman–Crippen LogP) is 1.96. The zero-order chi connectivity index (χ0) is 11.1. The maximum Gasteiger partial charge on any atom is 0.0755 e. The van der Waals surface area contributed by atoms with Crippen LogP contribution in [0.2, 0.25) is 0 Å².